The molecule has 46 heteroatoms. The third-order valence-electron chi connectivity index (χ3n) is 22.2. The van der Waals surface area contributed by atoms with Crippen LogP contribution in [0.3, 0.4) is 0 Å². The molecule has 0 aliphatic heterocycles. The van der Waals surface area contributed by atoms with Gasteiger partial charge >= 0.3 is 17.9 Å². The highest BCUT2D eigenvalue weighted by molar-refractivity contribution is 6.02. The van der Waals surface area contributed by atoms with Crippen LogP contribution in [-0.2, 0) is 104 Å². The van der Waals surface area contributed by atoms with E-state index >= 15 is 14.4 Å². The van der Waals surface area contributed by atoms with Gasteiger partial charge in [0.25, 0.3) is 0 Å². The van der Waals surface area contributed by atoms with Crippen molar-refractivity contribution in [3.8, 4) is 0 Å². The molecule has 46 nitrogen and oxygen atoms in total. The maximum Gasteiger partial charge on any atom is 0.326 e. The van der Waals surface area contributed by atoms with E-state index in [-0.39, 0.29) is 109 Å². The van der Waals surface area contributed by atoms with Crippen LogP contribution in [0.15, 0.2) is 60.8 Å². The molecular weight excluding hydrogens is 1750 g/mol. The maximum absolute atomic E-state index is 15.3. The number of hydrogen-bond acceptors (Lipinski definition) is 24. The normalized spacial score (nSPS) is 14.8. The Hall–Kier alpha value is -13.0. The minimum absolute atomic E-state index is 0.0299. The van der Waals surface area contributed by atoms with Crippen LogP contribution in [-0.4, -0.2) is 256 Å². The first-order valence-corrected chi connectivity index (χ1v) is 45.4. The molecule has 0 saturated carbocycles. The number of amides is 16. The fourth-order valence-electron chi connectivity index (χ4n) is 14.1. The lowest BCUT2D eigenvalue weighted by atomic mass is 9.95. The summed E-state index contributed by atoms with van der Waals surface area (Å²) in [7, 11) is 0. The number of para-hydroxylation sites is 1. The molecule has 0 unspecified atom stereocenters. The number of fused-ring (bicyclic) bond motifs is 1. The number of H-pyrrole nitrogens is 1. The topological polar surface area (TPSA) is 787 Å². The van der Waals surface area contributed by atoms with Crippen molar-refractivity contribution in [2.75, 3.05) is 32.7 Å². The van der Waals surface area contributed by atoms with Gasteiger partial charge in [0.15, 0.2) is 5.96 Å². The first kappa shape index (κ1) is 115. The average Bonchev–Trinajstić information content (AvgIpc) is 1.45. The van der Waals surface area contributed by atoms with Crippen LogP contribution in [0.1, 0.15) is 201 Å². The smallest absolute Gasteiger partial charge is 0.326 e. The Labute approximate surface area is 778 Å². The quantitative estimate of drug-likeness (QED) is 0.0146. The van der Waals surface area contributed by atoms with Gasteiger partial charge < -0.3 is 140 Å². The summed E-state index contributed by atoms with van der Waals surface area (Å²) in [5.41, 5.74) is 42.0. The van der Waals surface area contributed by atoms with Crippen LogP contribution in [0.4, 0.5) is 0 Å². The molecule has 1 heterocycles. The van der Waals surface area contributed by atoms with Crippen LogP contribution in [0.5, 0.6) is 0 Å². The van der Waals surface area contributed by atoms with Gasteiger partial charge in [-0.25, -0.2) is 4.79 Å². The Morgan fingerprint density at radius 1 is 0.388 bits per heavy atom. The number of nitrogens with one attached hydrogen (secondary N) is 17. The number of carbonyl (C=O) groups excluding carboxylic acids is 16. The predicted molar refractivity (Wildman–Crippen MR) is 493 cm³/mol. The number of hydrogen-bond donors (Lipinski definition) is 27. The Morgan fingerprint density at radius 2 is 0.784 bits per heavy atom. The number of rotatable bonds is 67. The van der Waals surface area contributed by atoms with Gasteiger partial charge in [-0.15, -0.1) is 0 Å². The number of carbonyl (C=O) groups is 19. The van der Waals surface area contributed by atoms with Gasteiger partial charge in [0.2, 0.25) is 94.5 Å². The summed E-state index contributed by atoms with van der Waals surface area (Å²) in [5, 5.41) is 75.3. The molecule has 0 aliphatic rings. The third-order valence-corrected chi connectivity index (χ3v) is 22.2. The molecule has 3 aromatic rings. The number of nitrogens with two attached hydrogens (primary N) is 7. The monoisotopic (exact) mass is 1890 g/mol. The van der Waals surface area contributed by atoms with Crippen molar-refractivity contribution in [3.63, 3.8) is 0 Å². The van der Waals surface area contributed by atoms with E-state index in [0.29, 0.717) is 54.1 Å². The molecule has 16 atom stereocenters. The molecule has 746 valence electrons. The molecule has 0 saturated heterocycles. The molecule has 0 aliphatic carbocycles. The summed E-state index contributed by atoms with van der Waals surface area (Å²) in [6.45, 7) is 13.1. The Kier molecular flexibility index (Phi) is 52.4. The first-order valence-electron chi connectivity index (χ1n) is 45.4. The second-order valence-corrected chi connectivity index (χ2v) is 34.1. The number of unbranched alkanes of at least 4 members (excludes halogenated alkanes) is 3. The van der Waals surface area contributed by atoms with Gasteiger partial charge in [0.05, 0.1) is 19.0 Å². The van der Waals surface area contributed by atoms with Crippen molar-refractivity contribution >= 4 is 129 Å². The summed E-state index contributed by atoms with van der Waals surface area (Å²) >= 11 is 0. The summed E-state index contributed by atoms with van der Waals surface area (Å²) in [6, 6.07) is -6.43. The Bertz CT molecular complexity index is 4420. The number of aromatic nitrogens is 1. The van der Waals surface area contributed by atoms with Gasteiger partial charge in [0.1, 0.15) is 78.5 Å². The molecule has 3 rings (SSSR count). The van der Waals surface area contributed by atoms with Crippen molar-refractivity contribution < 1.29 is 106 Å². The van der Waals surface area contributed by atoms with E-state index in [9.17, 15) is 86.9 Å². The zero-order valence-electron chi connectivity index (χ0n) is 77.6. The van der Waals surface area contributed by atoms with Crippen molar-refractivity contribution in [2.24, 2.45) is 63.8 Å². The van der Waals surface area contributed by atoms with Gasteiger partial charge in [-0.05, 0) is 157 Å². The van der Waals surface area contributed by atoms with Crippen LogP contribution in [0, 0.1) is 29.1 Å². The molecule has 2 aromatic carbocycles. The zero-order chi connectivity index (χ0) is 100. The summed E-state index contributed by atoms with van der Waals surface area (Å²) in [4.78, 5) is 266. The fraction of sp³-hybridized carbons (Fsp3) is 0.614. The lowest BCUT2D eigenvalue weighted by Gasteiger charge is -2.31. The molecule has 0 bridgehead atoms. The molecule has 16 amide bonds. The zero-order valence-corrected chi connectivity index (χ0v) is 77.6. The van der Waals surface area contributed by atoms with Crippen molar-refractivity contribution in [1.82, 2.24) is 84.7 Å². The second kappa shape index (κ2) is 60.9. The van der Waals surface area contributed by atoms with Gasteiger partial charge in [0, 0.05) is 55.7 Å². The predicted octanol–water partition coefficient (Wildman–Crippen LogP) is -3.90. The summed E-state index contributed by atoms with van der Waals surface area (Å²) < 4.78 is 0. The van der Waals surface area contributed by atoms with E-state index in [1.807, 2.05) is 13.8 Å². The lowest BCUT2D eigenvalue weighted by Crippen LogP contribution is -2.62. The third kappa shape index (κ3) is 42.7. The molecule has 0 spiro atoms. The van der Waals surface area contributed by atoms with Gasteiger partial charge in [-0.3, -0.25) is 91.7 Å². The van der Waals surface area contributed by atoms with E-state index in [1.54, 1.807) is 81.6 Å². The highest BCUT2D eigenvalue weighted by atomic mass is 16.4. The number of carboxylic acids is 3. The molecule has 34 N–H and O–H groups in total. The highest BCUT2D eigenvalue weighted by Gasteiger charge is 2.41. The Balaban J connectivity index is 2.02. The molecule has 0 radical (unpaired) electrons. The van der Waals surface area contributed by atoms with Crippen LogP contribution >= 0.6 is 0 Å². The lowest BCUT2D eigenvalue weighted by molar-refractivity contribution is -0.143. The van der Waals surface area contributed by atoms with Gasteiger partial charge in [-0.2, -0.15) is 0 Å². The summed E-state index contributed by atoms with van der Waals surface area (Å²) in [5.74, 6) is -23.0. The summed E-state index contributed by atoms with van der Waals surface area (Å²) in [6.07, 6.45) is -0.578. The number of guanidine groups is 1. The number of carboxylic acid groups (broad SMARTS) is 3. The average molecular weight is 1890 g/mol. The van der Waals surface area contributed by atoms with E-state index in [0.717, 1.165) is 0 Å². The fourth-order valence-corrected chi connectivity index (χ4v) is 14.1. The van der Waals surface area contributed by atoms with Crippen LogP contribution in [0.2, 0.25) is 0 Å². The number of primary amides is 2. The van der Waals surface area contributed by atoms with Crippen LogP contribution < -0.4 is 120 Å². The number of aliphatic carboxylic acids is 3. The molecular formula is C88H142N24O22. The van der Waals surface area contributed by atoms with E-state index < -0.39 is 266 Å². The first-order chi connectivity index (χ1) is 63.4. The SMILES string of the molecule is CC[C@H](C)[C@H](NC(=O)[C@H](Cc1c[nH]c2ccccc12)NC(=O)[C@H](CCCCN)NC(=O)[C@H](CCCCN)NC(=O)[C@H](CC(C)C)NC(=O)[C@@H](N)CCCNC(=N)N)C(=O)N[C@@H](CCC(N)=O)C(=O)N[C@@H](CCCCN)C(=O)N[C@H](C(=O)N[C@H](C(=O)N[C@@H](CC(=O)O)C(=O)N[C@@H](CCC(N)=O)C(=O)N[C@@H](Cc1ccccc1)C(=O)NCC(=O)N[C@@H](CCC(=O)O)C(=O)O)[C@@H](C)CC)C(C)C. The Morgan fingerprint density at radius 3 is 1.23 bits per heavy atom. The highest BCUT2D eigenvalue weighted by Crippen LogP contribution is 2.22. The second-order valence-electron chi connectivity index (χ2n) is 34.1. The van der Waals surface area contributed by atoms with Crippen molar-refractivity contribution in [2.45, 2.75) is 288 Å². The van der Waals surface area contributed by atoms with E-state index in [4.69, 9.17) is 50.7 Å². The van der Waals surface area contributed by atoms with E-state index in [2.05, 4.69) is 84.7 Å². The van der Waals surface area contributed by atoms with Crippen molar-refractivity contribution in [3.05, 3.63) is 71.9 Å². The minimum atomic E-state index is -2.06. The largest absolute Gasteiger partial charge is 0.481 e. The molecule has 0 fully saturated rings. The van der Waals surface area contributed by atoms with Crippen LogP contribution in [0.25, 0.3) is 10.9 Å². The van der Waals surface area contributed by atoms with Crippen molar-refractivity contribution in [1.29, 1.82) is 5.41 Å². The van der Waals surface area contributed by atoms with Gasteiger partial charge in [-0.1, -0.05) is 117 Å². The standard InChI is InChI=1S/C88H142N24O22/c1-9-49(7)72(111-83(129)64(43-52-45-98-55-27-15-14-25-53(52)55)108-77(123)57(29-17-20-38-90)101-76(122)56(28-16-19-37-89)103-81(127)62(41-47(3)4)106-74(120)54(92)26-22-40-97-88(95)96)85(131)105-60(32-35-67(94)114)78(124)102-58(30-18-21-39-91)80(126)110-71(48(5)6)84(130)112-73(50(8)10-2)86(132)109-65(44-70(118)119)82(128)104-59(31-34-66(93)113)79(125)107-63(42-51-23-12-11-13-24-51)75(121)99-46-68(115)100-61(87(133)134)33-36-69(116)117/h11-15,23-25,27,45,47-50,54,56-65,71-73,98H,9-10,16-22,26,28-44,46,89-92H2,1-8H3,(H2,93,113)(H2,94,114)(H,99,121)(H,100,115)(H,101,122)(H,102,124)(H,103,127)(H,104,128)(H,105,131)(H,106,120)(H,107,125)(H,108,123)(H,109,132)(H,110,126)(H,111,129)(H,112,130)(H,116,117)(H,118,119)(H,133,134)(H4,95,96,97)/t49-,50-,54-,56-,57-,58-,59-,60-,61-,62-,63-,64-,65-,71-,72-,73-/m0/s1. The number of aromatic amines is 1. The van der Waals surface area contributed by atoms with E-state index in [1.165, 1.54) is 20.8 Å². The minimum Gasteiger partial charge on any atom is -0.481 e. The molecule has 134 heavy (non-hydrogen) atoms. The maximum atomic E-state index is 15.3. The molecule has 1 aromatic heterocycles. The number of benzene rings is 2.